The lowest BCUT2D eigenvalue weighted by Crippen LogP contribution is -2.40. The molecule has 0 amide bonds. The van der Waals surface area contributed by atoms with Gasteiger partial charge in [-0.25, -0.2) is 0 Å². The minimum atomic E-state index is 0.443. The predicted octanol–water partition coefficient (Wildman–Crippen LogP) is 2.14. The van der Waals surface area contributed by atoms with Crippen LogP contribution in [0.4, 0.5) is 0 Å². The van der Waals surface area contributed by atoms with Gasteiger partial charge in [0, 0.05) is 13.1 Å². The van der Waals surface area contributed by atoms with Crippen molar-refractivity contribution >= 4 is 0 Å². The zero-order valence-electron chi connectivity index (χ0n) is 8.97. The van der Waals surface area contributed by atoms with Crippen LogP contribution in [0.2, 0.25) is 0 Å². The van der Waals surface area contributed by atoms with E-state index in [1.54, 1.807) is 0 Å². The molecular formula is C10H23NO. The number of hydrogen-bond acceptors (Lipinski definition) is 2. The summed E-state index contributed by atoms with van der Waals surface area (Å²) < 4.78 is 5.37. The van der Waals surface area contributed by atoms with E-state index in [1.165, 1.54) is 6.42 Å². The number of likely N-dealkylation sites (N-methyl/N-ethyl adjacent to an activating group) is 1. The number of nitrogens with zero attached hydrogens (tertiary/aromatic N) is 1. The van der Waals surface area contributed by atoms with Crippen LogP contribution < -0.4 is 0 Å². The summed E-state index contributed by atoms with van der Waals surface area (Å²) >= 11 is 0. The summed E-state index contributed by atoms with van der Waals surface area (Å²) in [4.78, 5) is 2.41. The van der Waals surface area contributed by atoms with Crippen molar-refractivity contribution < 1.29 is 4.74 Å². The lowest BCUT2D eigenvalue weighted by molar-refractivity contribution is -0.0162. The average Bonchev–Trinajstić information content (AvgIpc) is 2.06. The van der Waals surface area contributed by atoms with E-state index in [2.05, 4.69) is 32.6 Å². The van der Waals surface area contributed by atoms with Crippen molar-refractivity contribution in [2.45, 2.75) is 40.2 Å². The molecule has 0 aliphatic carbocycles. The molecule has 0 radical (unpaired) electrons. The molecule has 1 rings (SSSR count). The molecule has 1 saturated heterocycles. The molecule has 0 saturated carbocycles. The van der Waals surface area contributed by atoms with E-state index in [9.17, 15) is 0 Å². The highest BCUT2D eigenvalue weighted by Gasteiger charge is 2.13. The summed E-state index contributed by atoms with van der Waals surface area (Å²) in [6, 6.07) is 0. The zero-order chi connectivity index (χ0) is 9.40. The fourth-order valence-corrected chi connectivity index (χ4v) is 1.18. The first-order valence-electron chi connectivity index (χ1n) is 5.08. The van der Waals surface area contributed by atoms with Gasteiger partial charge in [0.15, 0.2) is 0 Å². The summed E-state index contributed by atoms with van der Waals surface area (Å²) in [5.41, 5.74) is 0. The zero-order valence-corrected chi connectivity index (χ0v) is 8.97. The van der Waals surface area contributed by atoms with E-state index in [4.69, 9.17) is 4.74 Å². The fourth-order valence-electron chi connectivity index (χ4n) is 1.18. The third kappa shape index (κ3) is 5.56. The third-order valence-electron chi connectivity index (χ3n) is 1.77. The standard InChI is InChI=1S/C7H15NO.C3H8/c1-3-8-4-5-9-7(2)6-8;1-3-2/h7H,3-6H2,1-2H3;3H2,1-2H3. The Bertz CT molecular complexity index is 95.8. The van der Waals surface area contributed by atoms with Crippen LogP contribution in [0.5, 0.6) is 0 Å². The minimum Gasteiger partial charge on any atom is -0.376 e. The topological polar surface area (TPSA) is 12.5 Å². The second-order valence-corrected chi connectivity index (χ2v) is 3.28. The highest BCUT2D eigenvalue weighted by Crippen LogP contribution is 2.02. The molecule has 2 heteroatoms. The Balaban J connectivity index is 0.000000354. The van der Waals surface area contributed by atoms with E-state index >= 15 is 0 Å². The molecule has 0 spiro atoms. The highest BCUT2D eigenvalue weighted by atomic mass is 16.5. The molecule has 1 unspecified atom stereocenters. The lowest BCUT2D eigenvalue weighted by atomic mass is 10.3. The van der Waals surface area contributed by atoms with Crippen LogP contribution in [0, 0.1) is 0 Å². The first-order valence-corrected chi connectivity index (χ1v) is 5.08. The van der Waals surface area contributed by atoms with Crippen LogP contribution in [0.3, 0.4) is 0 Å². The Morgan fingerprint density at radius 1 is 1.33 bits per heavy atom. The van der Waals surface area contributed by atoms with Crippen molar-refractivity contribution in [3.63, 3.8) is 0 Å². The van der Waals surface area contributed by atoms with Crippen molar-refractivity contribution in [1.29, 1.82) is 0 Å². The monoisotopic (exact) mass is 173 g/mol. The third-order valence-corrected chi connectivity index (χ3v) is 1.77. The van der Waals surface area contributed by atoms with Gasteiger partial charge < -0.3 is 4.74 Å². The number of rotatable bonds is 1. The van der Waals surface area contributed by atoms with Crippen LogP contribution in [-0.4, -0.2) is 37.2 Å². The van der Waals surface area contributed by atoms with Gasteiger partial charge in [0.25, 0.3) is 0 Å². The maximum atomic E-state index is 5.37. The number of ether oxygens (including phenoxy) is 1. The molecule has 1 fully saturated rings. The Hall–Kier alpha value is -0.0800. The summed E-state index contributed by atoms with van der Waals surface area (Å²) in [5, 5.41) is 0. The Kier molecular flexibility index (Phi) is 7.51. The molecule has 1 heterocycles. The summed E-state index contributed by atoms with van der Waals surface area (Å²) in [6.45, 7) is 12.9. The summed E-state index contributed by atoms with van der Waals surface area (Å²) in [7, 11) is 0. The minimum absolute atomic E-state index is 0.443. The summed E-state index contributed by atoms with van der Waals surface area (Å²) in [6.07, 6.45) is 1.69. The molecule has 0 N–H and O–H groups in total. The van der Waals surface area contributed by atoms with E-state index in [1.807, 2.05) is 0 Å². The van der Waals surface area contributed by atoms with Gasteiger partial charge in [-0.3, -0.25) is 4.90 Å². The van der Waals surface area contributed by atoms with Gasteiger partial charge in [-0.1, -0.05) is 27.2 Å². The van der Waals surface area contributed by atoms with Crippen LogP contribution in [-0.2, 0) is 4.74 Å². The maximum Gasteiger partial charge on any atom is 0.0674 e. The molecule has 1 aliphatic heterocycles. The molecule has 0 aromatic carbocycles. The van der Waals surface area contributed by atoms with Gasteiger partial charge in [0.05, 0.1) is 12.7 Å². The normalized spacial score (nSPS) is 24.5. The molecular weight excluding hydrogens is 150 g/mol. The van der Waals surface area contributed by atoms with Gasteiger partial charge in [-0.15, -0.1) is 0 Å². The quantitative estimate of drug-likeness (QED) is 0.602. The second-order valence-electron chi connectivity index (χ2n) is 3.28. The first-order chi connectivity index (χ1) is 5.74. The second kappa shape index (κ2) is 7.56. The smallest absolute Gasteiger partial charge is 0.0674 e. The van der Waals surface area contributed by atoms with E-state index < -0.39 is 0 Å². The van der Waals surface area contributed by atoms with Crippen LogP contribution in [0.1, 0.15) is 34.1 Å². The van der Waals surface area contributed by atoms with Crippen molar-refractivity contribution in [2.75, 3.05) is 26.2 Å². The van der Waals surface area contributed by atoms with E-state index in [-0.39, 0.29) is 0 Å². The molecule has 74 valence electrons. The molecule has 1 atom stereocenters. The molecule has 2 nitrogen and oxygen atoms in total. The predicted molar refractivity (Wildman–Crippen MR) is 53.5 cm³/mol. The van der Waals surface area contributed by atoms with E-state index in [0.717, 1.165) is 26.2 Å². The highest BCUT2D eigenvalue weighted by molar-refractivity contribution is 4.65. The van der Waals surface area contributed by atoms with Crippen LogP contribution >= 0.6 is 0 Å². The van der Waals surface area contributed by atoms with Gasteiger partial charge in [-0.2, -0.15) is 0 Å². The molecule has 1 aliphatic rings. The maximum absolute atomic E-state index is 5.37. The van der Waals surface area contributed by atoms with E-state index in [0.29, 0.717) is 6.10 Å². The van der Waals surface area contributed by atoms with Crippen LogP contribution in [0.15, 0.2) is 0 Å². The molecule has 0 aromatic rings. The summed E-state index contributed by atoms with van der Waals surface area (Å²) in [5.74, 6) is 0. The SMILES string of the molecule is CCC.CCN1CCOC(C)C1. The average molecular weight is 173 g/mol. The van der Waals surface area contributed by atoms with Crippen molar-refractivity contribution in [3.05, 3.63) is 0 Å². The lowest BCUT2D eigenvalue weighted by Gasteiger charge is -2.29. The van der Waals surface area contributed by atoms with Crippen molar-refractivity contribution in [2.24, 2.45) is 0 Å². The molecule has 12 heavy (non-hydrogen) atoms. The van der Waals surface area contributed by atoms with Gasteiger partial charge >= 0.3 is 0 Å². The van der Waals surface area contributed by atoms with Gasteiger partial charge in [-0.05, 0) is 13.5 Å². The Morgan fingerprint density at radius 3 is 2.25 bits per heavy atom. The van der Waals surface area contributed by atoms with Crippen LogP contribution in [0.25, 0.3) is 0 Å². The Labute approximate surface area is 76.9 Å². The number of hydrogen-bond donors (Lipinski definition) is 0. The largest absolute Gasteiger partial charge is 0.376 e. The van der Waals surface area contributed by atoms with Gasteiger partial charge in [0.2, 0.25) is 0 Å². The number of morpholine rings is 1. The Morgan fingerprint density at radius 2 is 1.92 bits per heavy atom. The molecule has 0 bridgehead atoms. The van der Waals surface area contributed by atoms with Crippen molar-refractivity contribution in [3.8, 4) is 0 Å². The first kappa shape index (κ1) is 11.9. The molecule has 0 aromatic heterocycles. The van der Waals surface area contributed by atoms with Gasteiger partial charge in [0.1, 0.15) is 0 Å². The van der Waals surface area contributed by atoms with Crippen molar-refractivity contribution in [1.82, 2.24) is 4.90 Å². The fraction of sp³-hybridized carbons (Fsp3) is 1.00.